The van der Waals surface area contributed by atoms with Crippen molar-refractivity contribution in [2.75, 3.05) is 0 Å². The minimum Gasteiger partial charge on any atom is -0.170 e. The van der Waals surface area contributed by atoms with Crippen LogP contribution < -0.4 is 0 Å². The van der Waals surface area contributed by atoms with E-state index in [-0.39, 0.29) is 0 Å². The smallest absolute Gasteiger partial charge is 0.170 e. The summed E-state index contributed by atoms with van der Waals surface area (Å²) in [5.74, 6) is -1.00. The molecule has 1 aliphatic rings. The first-order chi connectivity index (χ1) is 6.23. The normalized spacial score (nSPS) is 24.3. The van der Waals surface area contributed by atoms with Crippen LogP contribution in [0.25, 0.3) is 0 Å². The first-order valence-electron chi connectivity index (χ1n) is 4.52. The topological polar surface area (TPSA) is 0 Å². The molecule has 0 heterocycles. The second kappa shape index (κ2) is 3.44. The molecule has 0 aromatic heterocycles. The Morgan fingerprint density at radius 1 is 1.07 bits per heavy atom. The van der Waals surface area contributed by atoms with Crippen molar-refractivity contribution < 1.29 is 13.2 Å². The molecule has 0 bridgehead atoms. The molecule has 1 unspecified atom stereocenters. The maximum absolute atomic E-state index is 12.6. The van der Waals surface area contributed by atoms with Gasteiger partial charge in [-0.15, -0.1) is 0 Å². The monoisotopic (exact) mass is 203 g/mol. The van der Waals surface area contributed by atoms with E-state index < -0.39 is 23.4 Å². The molecule has 79 valence electrons. The van der Waals surface area contributed by atoms with Gasteiger partial charge in [-0.3, -0.25) is 0 Å². The Balaban J connectivity index is 2.94. The second-order valence-corrected chi connectivity index (χ2v) is 4.54. The molecule has 0 aromatic carbocycles. The van der Waals surface area contributed by atoms with E-state index in [1.165, 1.54) is 6.08 Å². The van der Waals surface area contributed by atoms with Crippen LogP contribution in [0.3, 0.4) is 0 Å². The van der Waals surface area contributed by atoms with Crippen LogP contribution in [0, 0.1) is 17.3 Å². The Labute approximate surface area is 82.5 Å². The fraction of sp³-hybridized carbons (Fsp3) is 0.545. The number of hydrogen-bond acceptors (Lipinski definition) is 0. The van der Waals surface area contributed by atoms with Gasteiger partial charge in [0.1, 0.15) is 5.92 Å². The molecule has 1 atom stereocenters. The molecule has 0 saturated carbocycles. The summed E-state index contributed by atoms with van der Waals surface area (Å²) in [6.45, 7) is 5.44. The maximum atomic E-state index is 12.6. The number of halogens is 3. The summed E-state index contributed by atoms with van der Waals surface area (Å²) < 4.78 is 37.8. The standard InChI is InChI=1S/C11H14F3/c1-10(2,3)8-6-4-5-7-9(8)11(12,13)14/h4-8H,1-3H3. The van der Waals surface area contributed by atoms with Crippen molar-refractivity contribution in [2.45, 2.75) is 26.9 Å². The van der Waals surface area contributed by atoms with Crippen molar-refractivity contribution in [3.8, 4) is 0 Å². The molecule has 0 N–H and O–H groups in total. The largest absolute Gasteiger partial charge is 0.399 e. The quantitative estimate of drug-likeness (QED) is 0.560. The van der Waals surface area contributed by atoms with Crippen molar-refractivity contribution in [2.24, 2.45) is 11.3 Å². The average molecular weight is 203 g/mol. The highest BCUT2D eigenvalue weighted by Crippen LogP contribution is 2.45. The van der Waals surface area contributed by atoms with E-state index in [9.17, 15) is 13.2 Å². The van der Waals surface area contributed by atoms with Crippen LogP contribution in [-0.4, -0.2) is 6.18 Å². The summed E-state index contributed by atoms with van der Waals surface area (Å²) in [6, 6.07) is 0. The van der Waals surface area contributed by atoms with Crippen LogP contribution in [0.15, 0.2) is 24.3 Å². The van der Waals surface area contributed by atoms with Crippen LogP contribution in [0.4, 0.5) is 13.2 Å². The van der Waals surface area contributed by atoms with Gasteiger partial charge in [-0.1, -0.05) is 45.1 Å². The van der Waals surface area contributed by atoms with Crippen LogP contribution in [-0.2, 0) is 0 Å². The molecular weight excluding hydrogens is 189 g/mol. The molecule has 1 aliphatic carbocycles. The lowest BCUT2D eigenvalue weighted by atomic mass is 9.71. The minimum absolute atomic E-state index is 0.397. The van der Waals surface area contributed by atoms with Gasteiger partial charge in [0.15, 0.2) is 0 Å². The molecule has 0 aliphatic heterocycles. The molecule has 0 amide bonds. The SMILES string of the molecule is CC(C)(C)C1C=CC=C[C]1C(F)(F)F. The zero-order valence-corrected chi connectivity index (χ0v) is 8.52. The van der Waals surface area contributed by atoms with E-state index in [0.29, 0.717) is 0 Å². The van der Waals surface area contributed by atoms with Gasteiger partial charge in [0.25, 0.3) is 0 Å². The van der Waals surface area contributed by atoms with Crippen LogP contribution in [0.2, 0.25) is 0 Å². The first-order valence-corrected chi connectivity index (χ1v) is 4.52. The Morgan fingerprint density at radius 2 is 1.64 bits per heavy atom. The average Bonchev–Trinajstić information content (AvgIpc) is 2.01. The predicted octanol–water partition coefficient (Wildman–Crippen LogP) is 3.91. The lowest BCUT2D eigenvalue weighted by Crippen LogP contribution is -2.34. The number of allylic oxidation sites excluding steroid dienone is 4. The van der Waals surface area contributed by atoms with E-state index in [1.807, 2.05) is 20.8 Å². The third-order valence-corrected chi connectivity index (χ3v) is 2.29. The predicted molar refractivity (Wildman–Crippen MR) is 50.5 cm³/mol. The van der Waals surface area contributed by atoms with E-state index in [4.69, 9.17) is 0 Å². The van der Waals surface area contributed by atoms with Crippen molar-refractivity contribution in [1.82, 2.24) is 0 Å². The maximum Gasteiger partial charge on any atom is 0.399 e. The Bertz CT molecular complexity index is 225. The summed E-state index contributed by atoms with van der Waals surface area (Å²) in [5.41, 5.74) is -0.397. The van der Waals surface area contributed by atoms with E-state index in [2.05, 4.69) is 0 Å². The van der Waals surface area contributed by atoms with Crippen molar-refractivity contribution >= 4 is 0 Å². The summed E-state index contributed by atoms with van der Waals surface area (Å²) in [5, 5.41) is 0. The summed E-state index contributed by atoms with van der Waals surface area (Å²) in [7, 11) is 0. The molecule has 0 saturated heterocycles. The van der Waals surface area contributed by atoms with Crippen molar-refractivity contribution in [3.05, 3.63) is 30.2 Å². The highest BCUT2D eigenvalue weighted by molar-refractivity contribution is 5.31. The Hall–Kier alpha value is -0.730. The zero-order chi connectivity index (χ0) is 11.0. The minimum atomic E-state index is -4.22. The molecule has 0 nitrogen and oxygen atoms in total. The first kappa shape index (κ1) is 11.3. The van der Waals surface area contributed by atoms with Gasteiger partial charge in [0, 0.05) is 5.92 Å². The molecule has 14 heavy (non-hydrogen) atoms. The number of alkyl halides is 3. The second-order valence-electron chi connectivity index (χ2n) is 4.54. The fourth-order valence-corrected chi connectivity index (χ4v) is 1.57. The van der Waals surface area contributed by atoms with Crippen LogP contribution >= 0.6 is 0 Å². The Kier molecular flexibility index (Phi) is 2.79. The van der Waals surface area contributed by atoms with Gasteiger partial charge in [0.2, 0.25) is 0 Å². The van der Waals surface area contributed by atoms with E-state index >= 15 is 0 Å². The summed E-state index contributed by atoms with van der Waals surface area (Å²) >= 11 is 0. The van der Waals surface area contributed by atoms with Crippen molar-refractivity contribution in [1.29, 1.82) is 0 Å². The summed E-state index contributed by atoms with van der Waals surface area (Å²) in [4.78, 5) is 0. The van der Waals surface area contributed by atoms with Gasteiger partial charge < -0.3 is 0 Å². The van der Waals surface area contributed by atoms with Gasteiger partial charge in [0.05, 0.1) is 0 Å². The van der Waals surface area contributed by atoms with E-state index in [0.717, 1.165) is 6.08 Å². The van der Waals surface area contributed by atoms with Crippen LogP contribution in [0.1, 0.15) is 20.8 Å². The molecule has 0 spiro atoms. The lowest BCUT2D eigenvalue weighted by Gasteiger charge is -2.35. The third-order valence-electron chi connectivity index (χ3n) is 2.29. The van der Waals surface area contributed by atoms with Crippen LogP contribution in [0.5, 0.6) is 0 Å². The zero-order valence-electron chi connectivity index (χ0n) is 8.52. The van der Waals surface area contributed by atoms with Crippen molar-refractivity contribution in [3.63, 3.8) is 0 Å². The molecular formula is C11H14F3. The summed E-state index contributed by atoms with van der Waals surface area (Å²) in [6.07, 6.45) is 1.66. The molecule has 0 fully saturated rings. The highest BCUT2D eigenvalue weighted by atomic mass is 19.4. The van der Waals surface area contributed by atoms with Gasteiger partial charge >= 0.3 is 6.18 Å². The fourth-order valence-electron chi connectivity index (χ4n) is 1.57. The molecule has 1 radical (unpaired) electrons. The molecule has 3 heteroatoms. The Morgan fingerprint density at radius 3 is 2.00 bits per heavy atom. The van der Waals surface area contributed by atoms with Gasteiger partial charge in [-0.05, 0) is 5.41 Å². The van der Waals surface area contributed by atoms with Gasteiger partial charge in [-0.2, -0.15) is 13.2 Å². The molecule has 1 rings (SSSR count). The number of rotatable bonds is 0. The highest BCUT2D eigenvalue weighted by Gasteiger charge is 2.47. The third kappa shape index (κ3) is 2.40. The lowest BCUT2D eigenvalue weighted by molar-refractivity contribution is -0.120. The van der Waals surface area contributed by atoms with Gasteiger partial charge in [-0.25, -0.2) is 0 Å². The van der Waals surface area contributed by atoms with E-state index in [1.54, 1.807) is 12.2 Å². The molecule has 0 aromatic rings. The number of hydrogen-bond donors (Lipinski definition) is 0.